The first kappa shape index (κ1) is 26.9. The lowest BCUT2D eigenvalue weighted by atomic mass is 9.48. The van der Waals surface area contributed by atoms with Gasteiger partial charge in [0, 0.05) is 0 Å². The van der Waals surface area contributed by atoms with E-state index in [4.69, 9.17) is 0 Å². The van der Waals surface area contributed by atoms with Crippen LogP contribution in [0.25, 0.3) is 0 Å². The molecule has 0 aromatic rings. The molecule has 0 aromatic carbocycles. The maximum atomic E-state index is 2.63. The Labute approximate surface area is 237 Å². The van der Waals surface area contributed by atoms with Crippen molar-refractivity contribution in [3.63, 3.8) is 0 Å². The van der Waals surface area contributed by atoms with Gasteiger partial charge in [-0.3, -0.25) is 0 Å². The van der Waals surface area contributed by atoms with Crippen molar-refractivity contribution in [2.75, 3.05) is 0 Å². The Balaban J connectivity index is 0.000000127. The highest BCUT2D eigenvalue weighted by atomic mass is 14.6. The highest BCUT2D eigenvalue weighted by Crippen LogP contribution is 2.62. The topological polar surface area (TPSA) is 0 Å². The lowest BCUT2D eigenvalue weighted by molar-refractivity contribution is -0.0844. The zero-order valence-corrected chi connectivity index (χ0v) is 26.0. The summed E-state index contributed by atoms with van der Waals surface area (Å²) in [7, 11) is 0. The number of hydrogen-bond acceptors (Lipinski definition) is 0. The summed E-state index contributed by atoms with van der Waals surface area (Å²) in [6, 6.07) is 0. The van der Waals surface area contributed by atoms with E-state index in [0.717, 1.165) is 94.7 Å². The molecule has 8 aliphatic carbocycles. The third-order valence-corrected chi connectivity index (χ3v) is 16.2. The van der Waals surface area contributed by atoms with Crippen LogP contribution in [0.15, 0.2) is 0 Å². The fraction of sp³-hybridized carbons (Fsp3) is 1.00. The second kappa shape index (κ2) is 11.0. The highest BCUT2D eigenvalue weighted by Gasteiger charge is 2.55. The zero-order valence-electron chi connectivity index (χ0n) is 26.0. The van der Waals surface area contributed by atoms with Crippen LogP contribution in [0.3, 0.4) is 0 Å². The van der Waals surface area contributed by atoms with Crippen LogP contribution in [0.2, 0.25) is 0 Å². The molecule has 12 unspecified atom stereocenters. The molecule has 8 saturated carbocycles. The minimum Gasteiger partial charge on any atom is -0.0620 e. The Bertz CT molecular complexity index is 732. The summed E-state index contributed by atoms with van der Waals surface area (Å²) in [4.78, 5) is 0. The highest BCUT2D eigenvalue weighted by molar-refractivity contribution is 5.04. The van der Waals surface area contributed by atoms with Crippen LogP contribution in [0.5, 0.6) is 0 Å². The van der Waals surface area contributed by atoms with Crippen molar-refractivity contribution in [3.8, 4) is 0 Å². The molecule has 0 bridgehead atoms. The molecule has 0 amide bonds. The van der Waals surface area contributed by atoms with Gasteiger partial charge in [0.05, 0.1) is 0 Å². The summed E-state index contributed by atoms with van der Waals surface area (Å²) in [5.41, 5.74) is 0. The van der Waals surface area contributed by atoms with Crippen molar-refractivity contribution in [2.45, 2.75) is 143 Å². The van der Waals surface area contributed by atoms with Gasteiger partial charge in [0.1, 0.15) is 0 Å². The molecule has 0 spiro atoms. The summed E-state index contributed by atoms with van der Waals surface area (Å²) < 4.78 is 0. The molecule has 8 rings (SSSR count). The number of fused-ring (bicyclic) bond motifs is 10. The average Bonchev–Trinajstić information content (AvgIpc) is 3.64. The Morgan fingerprint density at radius 2 is 0.632 bits per heavy atom. The minimum absolute atomic E-state index is 1.02. The van der Waals surface area contributed by atoms with Crippen molar-refractivity contribution < 1.29 is 0 Å². The van der Waals surface area contributed by atoms with E-state index in [1.54, 1.807) is 103 Å². The Kier molecular flexibility index (Phi) is 7.78. The van der Waals surface area contributed by atoms with Gasteiger partial charge < -0.3 is 0 Å². The number of rotatable bonds is 0. The molecular weight excluding hydrogens is 456 g/mol. The van der Waals surface area contributed by atoms with Crippen LogP contribution in [0.1, 0.15) is 143 Å². The molecule has 8 fully saturated rings. The van der Waals surface area contributed by atoms with E-state index in [-0.39, 0.29) is 0 Å². The van der Waals surface area contributed by atoms with Crippen LogP contribution < -0.4 is 0 Å². The monoisotopic (exact) mass is 521 g/mol. The molecule has 0 N–H and O–H groups in total. The van der Waals surface area contributed by atoms with Crippen molar-refractivity contribution in [2.24, 2.45) is 94.7 Å². The van der Waals surface area contributed by atoms with Gasteiger partial charge in [0.15, 0.2) is 0 Å². The Morgan fingerprint density at radius 1 is 0.263 bits per heavy atom. The van der Waals surface area contributed by atoms with Gasteiger partial charge in [-0.05, 0) is 159 Å². The van der Waals surface area contributed by atoms with Crippen molar-refractivity contribution in [1.29, 1.82) is 0 Å². The van der Waals surface area contributed by atoms with E-state index in [1.807, 2.05) is 0 Å². The predicted octanol–water partition coefficient (Wildman–Crippen LogP) is 11.0. The van der Waals surface area contributed by atoms with E-state index in [2.05, 4.69) is 27.7 Å². The smallest absolute Gasteiger partial charge is 0.0324 e. The molecule has 216 valence electrons. The summed E-state index contributed by atoms with van der Waals surface area (Å²) in [5, 5.41) is 0. The lowest BCUT2D eigenvalue weighted by Gasteiger charge is -2.57. The first-order valence-corrected chi connectivity index (χ1v) is 18.5. The summed E-state index contributed by atoms with van der Waals surface area (Å²) in [6.45, 7) is 10.5. The molecule has 38 heavy (non-hydrogen) atoms. The molecule has 0 aliphatic heterocycles. The lowest BCUT2D eigenvalue weighted by Crippen LogP contribution is -2.50. The van der Waals surface area contributed by atoms with Gasteiger partial charge in [-0.1, -0.05) is 79.1 Å². The first-order chi connectivity index (χ1) is 18.5. The van der Waals surface area contributed by atoms with Crippen LogP contribution in [0.4, 0.5) is 0 Å². The predicted molar refractivity (Wildman–Crippen MR) is 162 cm³/mol. The van der Waals surface area contributed by atoms with Gasteiger partial charge in [-0.2, -0.15) is 0 Å². The van der Waals surface area contributed by atoms with Crippen molar-refractivity contribution in [3.05, 3.63) is 0 Å². The summed E-state index contributed by atoms with van der Waals surface area (Å²) in [6.07, 6.45) is 28.2. The van der Waals surface area contributed by atoms with E-state index < -0.39 is 0 Å². The standard InChI is InChI=1S/2C19H32/c2*1-12-13(2)19-16-9-5-6-14(16)10-11-18(19)17-8-4-3-7-15(12)17/h2*12-19H,3-11H2,1-2H3/t2*12-,13-,14?,15?,16?,17?,18?,19?/m00/s1. The van der Waals surface area contributed by atoms with Gasteiger partial charge in [-0.15, -0.1) is 0 Å². The molecule has 8 aliphatic rings. The number of hydrogen-bond donors (Lipinski definition) is 0. The maximum Gasteiger partial charge on any atom is -0.0324 e. The van der Waals surface area contributed by atoms with E-state index in [9.17, 15) is 0 Å². The van der Waals surface area contributed by atoms with Crippen LogP contribution in [-0.4, -0.2) is 0 Å². The fourth-order valence-corrected chi connectivity index (χ4v) is 14.5. The van der Waals surface area contributed by atoms with Crippen LogP contribution >= 0.6 is 0 Å². The van der Waals surface area contributed by atoms with Crippen LogP contribution in [0, 0.1) is 94.7 Å². The normalized spacial score (nSPS) is 57.2. The molecule has 0 nitrogen and oxygen atoms in total. The Hall–Kier alpha value is 0. The van der Waals surface area contributed by atoms with E-state index in [1.165, 1.54) is 12.8 Å². The largest absolute Gasteiger partial charge is 0.0620 e. The summed E-state index contributed by atoms with van der Waals surface area (Å²) in [5.74, 6) is 17.6. The van der Waals surface area contributed by atoms with E-state index in [0.29, 0.717) is 0 Å². The molecule has 16 atom stereocenters. The fourth-order valence-electron chi connectivity index (χ4n) is 14.5. The molecule has 0 heteroatoms. The molecule has 0 heterocycles. The van der Waals surface area contributed by atoms with Gasteiger partial charge >= 0.3 is 0 Å². The zero-order chi connectivity index (χ0) is 26.0. The quantitative estimate of drug-likeness (QED) is 0.298. The maximum absolute atomic E-state index is 2.63. The van der Waals surface area contributed by atoms with Gasteiger partial charge in [0.2, 0.25) is 0 Å². The van der Waals surface area contributed by atoms with Crippen LogP contribution in [-0.2, 0) is 0 Å². The molecule has 0 saturated heterocycles. The summed E-state index contributed by atoms with van der Waals surface area (Å²) >= 11 is 0. The second-order valence-corrected chi connectivity index (χ2v) is 17.0. The molecular formula is C38H64. The van der Waals surface area contributed by atoms with Gasteiger partial charge in [-0.25, -0.2) is 0 Å². The molecule has 0 radical (unpaired) electrons. The van der Waals surface area contributed by atoms with Crippen molar-refractivity contribution >= 4 is 0 Å². The first-order valence-electron chi connectivity index (χ1n) is 18.5. The SMILES string of the molecule is C[C@@H]1C2CCCCC2C2CCC3CCCC3C2[C@H]1C.C[C@@H]1C2CCCCC2C2CCC3CCCC3C2[C@H]1C. The van der Waals surface area contributed by atoms with E-state index >= 15 is 0 Å². The van der Waals surface area contributed by atoms with Crippen molar-refractivity contribution in [1.82, 2.24) is 0 Å². The van der Waals surface area contributed by atoms with Gasteiger partial charge in [0.25, 0.3) is 0 Å². The Morgan fingerprint density at radius 3 is 1.05 bits per heavy atom. The third-order valence-electron chi connectivity index (χ3n) is 16.2. The third kappa shape index (κ3) is 4.41. The molecule has 0 aromatic heterocycles. The minimum atomic E-state index is 1.02. The average molecular weight is 521 g/mol. The second-order valence-electron chi connectivity index (χ2n) is 17.0.